The number of nitrogens with one attached hydrogen (secondary N) is 2. The van der Waals surface area contributed by atoms with Crippen LogP contribution in [0.1, 0.15) is 17.5 Å². The lowest BCUT2D eigenvalue weighted by molar-refractivity contribution is -0.128. The van der Waals surface area contributed by atoms with E-state index in [0.29, 0.717) is 39.4 Å². The summed E-state index contributed by atoms with van der Waals surface area (Å²) < 4.78 is 10.7. The quantitative estimate of drug-likeness (QED) is 0.415. The lowest BCUT2D eigenvalue weighted by Crippen LogP contribution is -2.42. The van der Waals surface area contributed by atoms with Gasteiger partial charge in [0.25, 0.3) is 5.91 Å². The Morgan fingerprint density at radius 3 is 2.62 bits per heavy atom. The Morgan fingerprint density at radius 2 is 1.81 bits per heavy atom. The molecule has 3 aliphatic rings. The maximum Gasteiger partial charge on any atom is 0.259 e. The van der Waals surface area contributed by atoms with Crippen LogP contribution in [0.3, 0.4) is 0 Å². The van der Waals surface area contributed by atoms with Crippen LogP contribution in [0.4, 0.5) is 17.1 Å². The molecular formula is C30H28N6O5S. The summed E-state index contributed by atoms with van der Waals surface area (Å²) in [6.45, 7) is 0.447. The van der Waals surface area contributed by atoms with Gasteiger partial charge >= 0.3 is 0 Å². The van der Waals surface area contributed by atoms with Crippen molar-refractivity contribution < 1.29 is 23.9 Å². The van der Waals surface area contributed by atoms with Gasteiger partial charge in [-0.05, 0) is 54.1 Å². The Balaban J connectivity index is 1.11. The number of hydrogen-bond donors (Lipinski definition) is 2. The maximum absolute atomic E-state index is 13.5. The molecule has 0 fully saturated rings. The average Bonchev–Trinajstić information content (AvgIpc) is 3.59. The number of thioether (sulfide) groups is 1. The van der Waals surface area contributed by atoms with Crippen LogP contribution in [-0.4, -0.2) is 66.3 Å². The van der Waals surface area contributed by atoms with Crippen LogP contribution >= 0.6 is 11.8 Å². The van der Waals surface area contributed by atoms with E-state index in [2.05, 4.69) is 20.6 Å². The number of para-hydroxylation sites is 1. The highest BCUT2D eigenvalue weighted by Gasteiger charge is 2.42. The van der Waals surface area contributed by atoms with Gasteiger partial charge in [0.2, 0.25) is 18.6 Å². The van der Waals surface area contributed by atoms with Crippen molar-refractivity contribution in [2.75, 3.05) is 36.9 Å². The molecule has 2 N–H and O–H groups in total. The van der Waals surface area contributed by atoms with Gasteiger partial charge in [-0.3, -0.25) is 19.4 Å². The monoisotopic (exact) mass is 584 g/mol. The number of aliphatic imine (C=N–C) groups is 2. The van der Waals surface area contributed by atoms with E-state index in [4.69, 9.17) is 9.47 Å². The van der Waals surface area contributed by atoms with Crippen LogP contribution in [0.15, 0.2) is 76.7 Å². The van der Waals surface area contributed by atoms with Crippen LogP contribution in [0, 0.1) is 0 Å². The summed E-state index contributed by atoms with van der Waals surface area (Å²) in [4.78, 5) is 51.8. The number of ether oxygens (including phenoxy) is 2. The van der Waals surface area contributed by atoms with Gasteiger partial charge < -0.3 is 25.0 Å². The number of carbonyl (C=O) groups is 3. The fourth-order valence-corrected chi connectivity index (χ4v) is 5.50. The van der Waals surface area contributed by atoms with Crippen molar-refractivity contribution in [3.05, 3.63) is 77.9 Å². The average molecular weight is 585 g/mol. The predicted octanol–water partition coefficient (Wildman–Crippen LogP) is 3.52. The largest absolute Gasteiger partial charge is 0.454 e. The van der Waals surface area contributed by atoms with Gasteiger partial charge in [-0.15, -0.1) is 0 Å². The predicted molar refractivity (Wildman–Crippen MR) is 162 cm³/mol. The van der Waals surface area contributed by atoms with E-state index in [9.17, 15) is 14.4 Å². The molecule has 214 valence electrons. The zero-order valence-corrected chi connectivity index (χ0v) is 23.8. The molecule has 42 heavy (non-hydrogen) atoms. The van der Waals surface area contributed by atoms with E-state index in [1.165, 1.54) is 4.90 Å². The molecule has 6 rings (SSSR count). The fraction of sp³-hybridized carbons (Fsp3) is 0.233. The summed E-state index contributed by atoms with van der Waals surface area (Å²) in [7, 11) is 3.89. The van der Waals surface area contributed by atoms with Crippen molar-refractivity contribution in [1.29, 1.82) is 0 Å². The topological polar surface area (TPSA) is 125 Å². The third kappa shape index (κ3) is 5.66. The Hall–Kier alpha value is -4.84. The second-order valence-electron chi connectivity index (χ2n) is 10.0. The highest BCUT2D eigenvalue weighted by atomic mass is 32.2. The van der Waals surface area contributed by atoms with Crippen molar-refractivity contribution in [3.8, 4) is 11.5 Å². The number of hydrogen-bond acceptors (Lipinski definition) is 9. The minimum absolute atomic E-state index is 0.0359. The van der Waals surface area contributed by atoms with Crippen molar-refractivity contribution >= 4 is 57.5 Å². The Morgan fingerprint density at radius 1 is 1.02 bits per heavy atom. The summed E-state index contributed by atoms with van der Waals surface area (Å²) in [5.74, 6) is 0.868. The Labute approximate surface area is 246 Å². The zero-order chi connectivity index (χ0) is 29.2. The minimum Gasteiger partial charge on any atom is -0.454 e. The molecule has 12 heteroatoms. The molecule has 3 aromatic rings. The summed E-state index contributed by atoms with van der Waals surface area (Å²) >= 11 is 1.15. The summed E-state index contributed by atoms with van der Waals surface area (Å²) in [6, 6.07) is 19.4. The number of amides is 3. The van der Waals surface area contributed by atoms with E-state index in [1.807, 2.05) is 79.7 Å². The molecule has 11 nitrogen and oxygen atoms in total. The second-order valence-corrected chi connectivity index (χ2v) is 10.9. The first-order chi connectivity index (χ1) is 20.4. The number of anilines is 2. The van der Waals surface area contributed by atoms with Crippen molar-refractivity contribution in [1.82, 2.24) is 10.2 Å². The molecule has 3 heterocycles. The molecule has 1 atom stereocenters. The van der Waals surface area contributed by atoms with Crippen LogP contribution in [0.5, 0.6) is 11.5 Å². The highest BCUT2D eigenvalue weighted by Crippen LogP contribution is 2.35. The molecule has 0 spiro atoms. The van der Waals surface area contributed by atoms with Crippen LogP contribution in [0.25, 0.3) is 0 Å². The second kappa shape index (κ2) is 11.6. The fourth-order valence-electron chi connectivity index (χ4n) is 4.70. The van der Waals surface area contributed by atoms with Gasteiger partial charge in [0, 0.05) is 37.6 Å². The summed E-state index contributed by atoms with van der Waals surface area (Å²) in [6.07, 6.45) is -0.118. The van der Waals surface area contributed by atoms with Crippen LogP contribution < -0.4 is 25.0 Å². The third-order valence-corrected chi connectivity index (χ3v) is 7.79. The Bertz CT molecular complexity index is 1620. The van der Waals surface area contributed by atoms with Gasteiger partial charge in [0.1, 0.15) is 11.9 Å². The van der Waals surface area contributed by atoms with Crippen molar-refractivity contribution in [3.63, 3.8) is 0 Å². The van der Waals surface area contributed by atoms with E-state index >= 15 is 0 Å². The van der Waals surface area contributed by atoms with Gasteiger partial charge in [-0.2, -0.15) is 0 Å². The first-order valence-corrected chi connectivity index (χ1v) is 14.3. The van der Waals surface area contributed by atoms with E-state index < -0.39 is 6.04 Å². The number of rotatable bonds is 8. The minimum atomic E-state index is -0.905. The number of nitrogens with zero attached hydrogens (tertiary/aromatic N) is 4. The smallest absolute Gasteiger partial charge is 0.259 e. The molecule has 1 unspecified atom stereocenters. The standard InChI is InChI=1S/C30H28N6O5S/c1-35(2)20-10-8-19(9-11-20)32-27(38)16-42-30-34-22-6-4-3-5-21(22)28-33-23(29(39)36(28)30)14-26(37)31-15-18-7-12-24-25(13-18)41-17-40-24/h3-13,23H,14-17H2,1-2H3,(H,31,37)(H,32,38). The van der Waals surface area contributed by atoms with Gasteiger partial charge in [0.05, 0.1) is 17.9 Å². The van der Waals surface area contributed by atoms with Crippen LogP contribution in [-0.2, 0) is 20.9 Å². The molecule has 3 amide bonds. The SMILES string of the molecule is CN(C)c1ccc(NC(=O)CSC2=Nc3ccccc3C3=NC(CC(=O)NCc4ccc5c(c4)OCO5)C(=O)N23)cc1. The summed E-state index contributed by atoms with van der Waals surface area (Å²) in [5, 5.41) is 6.08. The molecule has 0 bridgehead atoms. The molecule has 0 saturated heterocycles. The molecule has 3 aromatic carbocycles. The third-order valence-electron chi connectivity index (χ3n) is 6.85. The normalized spacial score (nSPS) is 16.3. The van der Waals surface area contributed by atoms with E-state index in [1.54, 1.807) is 6.07 Å². The molecule has 0 aromatic heterocycles. The van der Waals surface area contributed by atoms with Gasteiger partial charge in [-0.1, -0.05) is 30.0 Å². The van der Waals surface area contributed by atoms with E-state index in [-0.39, 0.29) is 43.2 Å². The lowest BCUT2D eigenvalue weighted by Gasteiger charge is -2.25. The number of benzene rings is 3. The van der Waals surface area contributed by atoms with Crippen molar-refractivity contribution in [2.24, 2.45) is 9.98 Å². The van der Waals surface area contributed by atoms with Crippen molar-refractivity contribution in [2.45, 2.75) is 19.0 Å². The molecule has 0 radical (unpaired) electrons. The maximum atomic E-state index is 13.5. The molecular weight excluding hydrogens is 556 g/mol. The first-order valence-electron chi connectivity index (χ1n) is 13.3. The lowest BCUT2D eigenvalue weighted by atomic mass is 10.1. The number of amidine groups is 2. The van der Waals surface area contributed by atoms with Crippen LogP contribution in [0.2, 0.25) is 0 Å². The Kier molecular flexibility index (Phi) is 7.53. The molecule has 0 saturated carbocycles. The molecule has 3 aliphatic heterocycles. The zero-order valence-electron chi connectivity index (χ0n) is 23.0. The van der Waals surface area contributed by atoms with Gasteiger partial charge in [0.15, 0.2) is 16.7 Å². The highest BCUT2D eigenvalue weighted by molar-refractivity contribution is 8.14. The number of carbonyl (C=O) groups excluding carboxylic acids is 3. The molecule has 0 aliphatic carbocycles. The van der Waals surface area contributed by atoms with E-state index in [0.717, 1.165) is 23.0 Å². The first kappa shape index (κ1) is 27.3. The summed E-state index contributed by atoms with van der Waals surface area (Å²) in [5.41, 5.74) is 3.89. The number of fused-ring (bicyclic) bond motifs is 4. The van der Waals surface area contributed by atoms with Gasteiger partial charge in [-0.25, -0.2) is 9.89 Å².